The number of carbonyl (C=O) groups is 2. The molecule has 0 aliphatic carbocycles. The van der Waals surface area contributed by atoms with Gasteiger partial charge in [-0.25, -0.2) is 9.59 Å². The molecule has 1 aromatic carbocycles. The smallest absolute Gasteiger partial charge is 0.335 e. The number of benzene rings is 1. The molecule has 0 spiro atoms. The number of urea groups is 1. The van der Waals surface area contributed by atoms with Crippen LogP contribution in [0.25, 0.3) is 0 Å². The maximum atomic E-state index is 12.2. The van der Waals surface area contributed by atoms with E-state index in [2.05, 4.69) is 5.32 Å². The van der Waals surface area contributed by atoms with Crippen LogP contribution in [0.2, 0.25) is 5.02 Å². The van der Waals surface area contributed by atoms with Gasteiger partial charge in [-0.3, -0.25) is 0 Å². The van der Waals surface area contributed by atoms with Gasteiger partial charge < -0.3 is 20.1 Å². The first kappa shape index (κ1) is 15.6. The molecule has 1 saturated heterocycles. The van der Waals surface area contributed by atoms with E-state index in [0.717, 1.165) is 0 Å². The normalized spacial score (nSPS) is 22.0. The number of hydrogen-bond donors (Lipinski definition) is 2. The molecule has 7 heteroatoms. The molecular formula is C14H17ClN2O4. The van der Waals surface area contributed by atoms with Gasteiger partial charge in [0.2, 0.25) is 0 Å². The Labute approximate surface area is 127 Å². The fraction of sp³-hybridized carbons (Fsp3) is 0.429. The Balaban J connectivity index is 2.07. The first-order valence-corrected chi connectivity index (χ1v) is 6.99. The number of carboxylic acid groups (broad SMARTS) is 1. The molecule has 0 aromatic heterocycles. The van der Waals surface area contributed by atoms with Gasteiger partial charge in [0.05, 0.1) is 28.5 Å². The van der Waals surface area contributed by atoms with Crippen molar-refractivity contribution in [3.63, 3.8) is 0 Å². The summed E-state index contributed by atoms with van der Waals surface area (Å²) in [6.45, 7) is 4.82. The minimum atomic E-state index is -1.06. The lowest BCUT2D eigenvalue weighted by atomic mass is 10.2. The molecule has 0 bridgehead atoms. The monoisotopic (exact) mass is 312 g/mol. The van der Waals surface area contributed by atoms with E-state index < -0.39 is 5.97 Å². The first-order chi connectivity index (χ1) is 9.86. The Bertz CT molecular complexity index is 554. The largest absolute Gasteiger partial charge is 0.478 e. The molecule has 1 aliphatic heterocycles. The second-order valence-electron chi connectivity index (χ2n) is 5.09. The summed E-state index contributed by atoms with van der Waals surface area (Å²) in [5, 5.41) is 11.8. The lowest BCUT2D eigenvalue weighted by molar-refractivity contribution is -0.0530. The quantitative estimate of drug-likeness (QED) is 0.880. The van der Waals surface area contributed by atoms with Crippen molar-refractivity contribution < 1.29 is 19.4 Å². The zero-order chi connectivity index (χ0) is 15.6. The molecule has 1 aromatic rings. The standard InChI is InChI=1S/C14H17ClN2O4/c1-8-6-17(7-9(2)21-8)14(20)16-12-4-3-10(13(18)19)5-11(12)15/h3-5,8-9H,6-7H2,1-2H3,(H,16,20)(H,18,19)/t8-,9+. The van der Waals surface area contributed by atoms with Gasteiger partial charge in [0.15, 0.2) is 0 Å². The fourth-order valence-electron chi connectivity index (χ4n) is 2.29. The van der Waals surface area contributed by atoms with E-state index in [1.165, 1.54) is 18.2 Å². The van der Waals surface area contributed by atoms with Crippen LogP contribution < -0.4 is 5.32 Å². The molecule has 1 aliphatic rings. The Morgan fingerprint density at radius 1 is 1.33 bits per heavy atom. The second kappa shape index (κ2) is 6.32. The van der Waals surface area contributed by atoms with Crippen LogP contribution in [0, 0.1) is 0 Å². The number of anilines is 1. The van der Waals surface area contributed by atoms with Crippen molar-refractivity contribution in [3.05, 3.63) is 28.8 Å². The van der Waals surface area contributed by atoms with E-state index in [1.807, 2.05) is 13.8 Å². The molecule has 2 atom stereocenters. The Morgan fingerprint density at radius 3 is 2.48 bits per heavy atom. The lowest BCUT2D eigenvalue weighted by Crippen LogP contribution is -2.49. The third-order valence-corrected chi connectivity index (χ3v) is 3.48. The summed E-state index contributed by atoms with van der Waals surface area (Å²) in [5.41, 5.74) is 0.463. The molecule has 0 saturated carbocycles. The van der Waals surface area contributed by atoms with Gasteiger partial charge in [-0.05, 0) is 32.0 Å². The van der Waals surface area contributed by atoms with Gasteiger partial charge in [0, 0.05) is 13.1 Å². The maximum absolute atomic E-state index is 12.2. The highest BCUT2D eigenvalue weighted by Crippen LogP contribution is 2.24. The molecule has 1 fully saturated rings. The number of carboxylic acids is 1. The number of carbonyl (C=O) groups excluding carboxylic acids is 1. The van der Waals surface area contributed by atoms with Gasteiger partial charge >= 0.3 is 12.0 Å². The van der Waals surface area contributed by atoms with E-state index in [4.69, 9.17) is 21.4 Å². The van der Waals surface area contributed by atoms with Crippen LogP contribution in [0.5, 0.6) is 0 Å². The molecule has 0 unspecified atom stereocenters. The van der Waals surface area contributed by atoms with Gasteiger partial charge in [-0.2, -0.15) is 0 Å². The number of aromatic carboxylic acids is 1. The molecule has 0 radical (unpaired) electrons. The molecule has 1 heterocycles. The van der Waals surface area contributed by atoms with Crippen LogP contribution in [0.1, 0.15) is 24.2 Å². The summed E-state index contributed by atoms with van der Waals surface area (Å²) in [7, 11) is 0. The average molecular weight is 313 g/mol. The molecule has 2 amide bonds. The van der Waals surface area contributed by atoms with Crippen molar-refractivity contribution >= 4 is 29.3 Å². The van der Waals surface area contributed by atoms with E-state index in [9.17, 15) is 9.59 Å². The van der Waals surface area contributed by atoms with Crippen molar-refractivity contribution in [2.75, 3.05) is 18.4 Å². The molecule has 114 valence electrons. The topological polar surface area (TPSA) is 78.9 Å². The van der Waals surface area contributed by atoms with Crippen molar-refractivity contribution in [2.24, 2.45) is 0 Å². The number of amides is 2. The van der Waals surface area contributed by atoms with Gasteiger partial charge in [-0.15, -0.1) is 0 Å². The summed E-state index contributed by atoms with van der Waals surface area (Å²) in [5.74, 6) is -1.06. The minimum absolute atomic E-state index is 0.0237. The molecule has 6 nitrogen and oxygen atoms in total. The van der Waals surface area contributed by atoms with Crippen LogP contribution >= 0.6 is 11.6 Å². The Kier molecular flexibility index (Phi) is 4.69. The molecule has 21 heavy (non-hydrogen) atoms. The van der Waals surface area contributed by atoms with Crippen LogP contribution in [-0.2, 0) is 4.74 Å². The lowest BCUT2D eigenvalue weighted by Gasteiger charge is -2.35. The van der Waals surface area contributed by atoms with Crippen LogP contribution in [0.15, 0.2) is 18.2 Å². The van der Waals surface area contributed by atoms with Crippen molar-refractivity contribution in [1.29, 1.82) is 0 Å². The van der Waals surface area contributed by atoms with Gasteiger partial charge in [0.1, 0.15) is 0 Å². The van der Waals surface area contributed by atoms with Crippen molar-refractivity contribution in [1.82, 2.24) is 4.90 Å². The van der Waals surface area contributed by atoms with Gasteiger partial charge in [-0.1, -0.05) is 11.6 Å². The van der Waals surface area contributed by atoms with Gasteiger partial charge in [0.25, 0.3) is 0 Å². The highest BCUT2D eigenvalue weighted by molar-refractivity contribution is 6.34. The second-order valence-corrected chi connectivity index (χ2v) is 5.50. The van der Waals surface area contributed by atoms with E-state index in [-0.39, 0.29) is 28.8 Å². The zero-order valence-corrected chi connectivity index (χ0v) is 12.6. The summed E-state index contributed by atoms with van der Waals surface area (Å²) < 4.78 is 5.57. The fourth-order valence-corrected chi connectivity index (χ4v) is 2.52. The van der Waals surface area contributed by atoms with E-state index in [0.29, 0.717) is 18.8 Å². The number of halogens is 1. The maximum Gasteiger partial charge on any atom is 0.335 e. The Hall–Kier alpha value is -1.79. The van der Waals surface area contributed by atoms with Crippen LogP contribution in [-0.4, -0.2) is 47.3 Å². The van der Waals surface area contributed by atoms with E-state index >= 15 is 0 Å². The average Bonchev–Trinajstić information content (AvgIpc) is 2.39. The van der Waals surface area contributed by atoms with Crippen LogP contribution in [0.3, 0.4) is 0 Å². The van der Waals surface area contributed by atoms with Crippen molar-refractivity contribution in [2.45, 2.75) is 26.1 Å². The highest BCUT2D eigenvalue weighted by atomic mass is 35.5. The third kappa shape index (κ3) is 3.86. The number of morpholine rings is 1. The number of nitrogens with one attached hydrogen (secondary N) is 1. The highest BCUT2D eigenvalue weighted by Gasteiger charge is 2.26. The summed E-state index contributed by atoms with van der Waals surface area (Å²) >= 11 is 5.99. The predicted molar refractivity (Wildman–Crippen MR) is 79.0 cm³/mol. The molecular weight excluding hydrogens is 296 g/mol. The predicted octanol–water partition coefficient (Wildman–Crippen LogP) is 2.68. The number of ether oxygens (including phenoxy) is 1. The third-order valence-electron chi connectivity index (χ3n) is 3.16. The molecule has 2 N–H and O–H groups in total. The zero-order valence-electron chi connectivity index (χ0n) is 11.8. The minimum Gasteiger partial charge on any atom is -0.478 e. The number of rotatable bonds is 2. The van der Waals surface area contributed by atoms with Crippen LogP contribution in [0.4, 0.5) is 10.5 Å². The summed E-state index contributed by atoms with van der Waals surface area (Å²) in [4.78, 5) is 24.7. The number of nitrogens with zero attached hydrogens (tertiary/aromatic N) is 1. The van der Waals surface area contributed by atoms with E-state index in [1.54, 1.807) is 4.90 Å². The first-order valence-electron chi connectivity index (χ1n) is 6.61. The SMILES string of the molecule is C[C@@H]1CN(C(=O)Nc2ccc(C(=O)O)cc2Cl)C[C@H](C)O1. The summed E-state index contributed by atoms with van der Waals surface area (Å²) in [6, 6.07) is 3.91. The summed E-state index contributed by atoms with van der Waals surface area (Å²) in [6.07, 6.45) is -0.0475. The van der Waals surface area contributed by atoms with Crippen molar-refractivity contribution in [3.8, 4) is 0 Å². The Morgan fingerprint density at radius 2 is 1.95 bits per heavy atom. The number of hydrogen-bond acceptors (Lipinski definition) is 3. The molecule has 2 rings (SSSR count).